The number of rotatable bonds is 2. The van der Waals surface area contributed by atoms with Crippen LogP contribution in [0.5, 0.6) is 0 Å². The van der Waals surface area contributed by atoms with Gasteiger partial charge in [0, 0.05) is 18.8 Å². The Morgan fingerprint density at radius 1 is 1.32 bits per heavy atom. The van der Waals surface area contributed by atoms with Gasteiger partial charge in [0.15, 0.2) is 0 Å². The smallest absolute Gasteiger partial charge is 0.257 e. The minimum Gasteiger partial charge on any atom is -0.376 e. The van der Waals surface area contributed by atoms with E-state index in [1.165, 1.54) is 0 Å². The number of nitrogens with one attached hydrogen (secondary N) is 1. The van der Waals surface area contributed by atoms with E-state index in [0.717, 1.165) is 55.0 Å². The molecule has 1 aromatic rings. The molecule has 3 aliphatic rings. The molecule has 1 N–H and O–H groups in total. The van der Waals surface area contributed by atoms with E-state index in [1.807, 2.05) is 36.0 Å². The largest absolute Gasteiger partial charge is 0.376 e. The Morgan fingerprint density at radius 2 is 2.14 bits per heavy atom. The molecule has 0 unspecified atom stereocenters. The topological polar surface area (TPSA) is 41.6 Å². The number of nitrogens with zero attached hydrogens (tertiary/aromatic N) is 1. The second kappa shape index (κ2) is 5.78. The van der Waals surface area contributed by atoms with E-state index in [2.05, 4.69) is 10.2 Å². The van der Waals surface area contributed by atoms with Crippen LogP contribution in [-0.2, 0) is 4.74 Å². The second-order valence-corrected chi connectivity index (χ2v) is 7.59. The molecule has 4 nitrogen and oxygen atoms in total. The van der Waals surface area contributed by atoms with Crippen molar-refractivity contribution < 1.29 is 9.53 Å². The molecule has 1 amide bonds. The lowest BCUT2D eigenvalue weighted by Gasteiger charge is -2.51. The van der Waals surface area contributed by atoms with Gasteiger partial charge in [-0.1, -0.05) is 12.1 Å². The number of fused-ring (bicyclic) bond motifs is 1. The van der Waals surface area contributed by atoms with Gasteiger partial charge in [0.2, 0.25) is 0 Å². The highest BCUT2D eigenvalue weighted by Gasteiger charge is 2.46. The van der Waals surface area contributed by atoms with Crippen LogP contribution in [0.2, 0.25) is 0 Å². The highest BCUT2D eigenvalue weighted by Crippen LogP contribution is 2.40. The van der Waals surface area contributed by atoms with E-state index >= 15 is 0 Å². The third-order valence-corrected chi connectivity index (χ3v) is 6.00. The molecule has 3 aliphatic heterocycles. The van der Waals surface area contributed by atoms with E-state index < -0.39 is 0 Å². The Hall–Kier alpha value is -1.20. The van der Waals surface area contributed by atoms with Gasteiger partial charge in [0.1, 0.15) is 5.66 Å². The van der Waals surface area contributed by atoms with Crippen molar-refractivity contribution in [3.05, 3.63) is 29.8 Å². The van der Waals surface area contributed by atoms with Crippen molar-refractivity contribution in [2.75, 3.05) is 30.0 Å². The number of ether oxygens (including phenoxy) is 1. The number of para-hydroxylation sites is 1. The van der Waals surface area contributed by atoms with Gasteiger partial charge in [-0.3, -0.25) is 4.79 Å². The molecular weight excluding hydrogens is 296 g/mol. The van der Waals surface area contributed by atoms with Crippen LogP contribution in [0.3, 0.4) is 0 Å². The predicted molar refractivity (Wildman–Crippen MR) is 89.4 cm³/mol. The molecule has 1 spiro atoms. The summed E-state index contributed by atoms with van der Waals surface area (Å²) in [6.07, 6.45) is 4.38. The van der Waals surface area contributed by atoms with Gasteiger partial charge in [-0.2, -0.15) is 11.8 Å². The molecule has 5 heteroatoms. The summed E-state index contributed by atoms with van der Waals surface area (Å²) in [7, 11) is 0. The van der Waals surface area contributed by atoms with Crippen LogP contribution in [-0.4, -0.2) is 47.2 Å². The highest BCUT2D eigenvalue weighted by atomic mass is 32.2. The fourth-order valence-corrected chi connectivity index (χ4v) is 4.96. The van der Waals surface area contributed by atoms with Crippen LogP contribution in [0.4, 0.5) is 5.69 Å². The number of amides is 1. The number of benzene rings is 1. The van der Waals surface area contributed by atoms with Crippen molar-refractivity contribution >= 4 is 23.4 Å². The first kappa shape index (κ1) is 14.4. The highest BCUT2D eigenvalue weighted by molar-refractivity contribution is 7.99. The van der Waals surface area contributed by atoms with Gasteiger partial charge in [-0.25, -0.2) is 0 Å². The van der Waals surface area contributed by atoms with Crippen molar-refractivity contribution in [1.29, 1.82) is 0 Å². The lowest BCUT2D eigenvalue weighted by atomic mass is 9.93. The van der Waals surface area contributed by atoms with Crippen molar-refractivity contribution in [2.45, 2.75) is 37.5 Å². The quantitative estimate of drug-likeness (QED) is 0.910. The molecule has 22 heavy (non-hydrogen) atoms. The first-order chi connectivity index (χ1) is 10.8. The summed E-state index contributed by atoms with van der Waals surface area (Å²) in [6.45, 7) is 1.55. The number of anilines is 1. The SMILES string of the molecule is O=C1c2ccccc2NC2(CCSCC2)N1C[C@H]1CCCO1. The van der Waals surface area contributed by atoms with E-state index in [0.29, 0.717) is 6.54 Å². The number of carbonyl (C=O) groups is 1. The average molecular weight is 318 g/mol. The molecule has 0 saturated carbocycles. The third-order valence-electron chi connectivity index (χ3n) is 5.02. The molecule has 1 aromatic carbocycles. The summed E-state index contributed by atoms with van der Waals surface area (Å²) in [5.74, 6) is 2.37. The predicted octanol–water partition coefficient (Wildman–Crippen LogP) is 2.96. The zero-order valence-corrected chi connectivity index (χ0v) is 13.5. The molecule has 0 aromatic heterocycles. The minimum atomic E-state index is -0.220. The zero-order valence-electron chi connectivity index (χ0n) is 12.7. The van der Waals surface area contributed by atoms with E-state index in [1.54, 1.807) is 0 Å². The van der Waals surface area contributed by atoms with Crippen LogP contribution in [0.25, 0.3) is 0 Å². The number of thioether (sulfide) groups is 1. The Bertz CT molecular complexity index is 566. The van der Waals surface area contributed by atoms with Crippen LogP contribution in [0, 0.1) is 0 Å². The Labute approximate surface area is 135 Å². The maximum atomic E-state index is 13.1. The molecule has 2 fully saturated rings. The average Bonchev–Trinajstić information content (AvgIpc) is 3.06. The van der Waals surface area contributed by atoms with Gasteiger partial charge in [-0.15, -0.1) is 0 Å². The molecule has 3 heterocycles. The molecule has 2 saturated heterocycles. The molecule has 4 rings (SSSR count). The summed E-state index contributed by atoms with van der Waals surface area (Å²) < 4.78 is 5.80. The van der Waals surface area contributed by atoms with Gasteiger partial charge < -0.3 is 15.0 Å². The summed E-state index contributed by atoms with van der Waals surface area (Å²) in [6, 6.07) is 7.90. The molecule has 0 radical (unpaired) electrons. The minimum absolute atomic E-state index is 0.164. The zero-order chi connectivity index (χ0) is 15.0. The van der Waals surface area contributed by atoms with Gasteiger partial charge in [-0.05, 0) is 49.3 Å². The normalized spacial score (nSPS) is 26.8. The molecule has 0 aliphatic carbocycles. The summed E-state index contributed by atoms with van der Waals surface area (Å²) in [5.41, 5.74) is 1.56. The second-order valence-electron chi connectivity index (χ2n) is 6.37. The third kappa shape index (κ3) is 2.40. The van der Waals surface area contributed by atoms with Crippen LogP contribution in [0.15, 0.2) is 24.3 Å². The monoisotopic (exact) mass is 318 g/mol. The van der Waals surface area contributed by atoms with Gasteiger partial charge >= 0.3 is 0 Å². The van der Waals surface area contributed by atoms with Crippen LogP contribution < -0.4 is 5.32 Å². The Morgan fingerprint density at radius 3 is 2.91 bits per heavy atom. The van der Waals surface area contributed by atoms with Gasteiger partial charge in [0.05, 0.1) is 11.7 Å². The maximum absolute atomic E-state index is 13.1. The Kier molecular flexibility index (Phi) is 3.78. The Balaban J connectivity index is 1.69. The first-order valence-electron chi connectivity index (χ1n) is 8.17. The lowest BCUT2D eigenvalue weighted by Crippen LogP contribution is -2.63. The summed E-state index contributed by atoms with van der Waals surface area (Å²) in [4.78, 5) is 15.2. The van der Waals surface area contributed by atoms with E-state index in [9.17, 15) is 4.79 Å². The standard InChI is InChI=1S/C17H22N2O2S/c20-16-14-5-1-2-6-15(14)18-17(7-10-22-11-8-17)19(16)12-13-4-3-9-21-13/h1-2,5-6,13,18H,3-4,7-12H2/t13-/m1/s1. The first-order valence-corrected chi connectivity index (χ1v) is 9.32. The molecule has 118 valence electrons. The number of hydrogen-bond acceptors (Lipinski definition) is 4. The molecule has 0 bridgehead atoms. The van der Waals surface area contributed by atoms with Crippen LogP contribution in [0.1, 0.15) is 36.0 Å². The van der Waals surface area contributed by atoms with Crippen molar-refractivity contribution in [3.8, 4) is 0 Å². The fourth-order valence-electron chi connectivity index (χ4n) is 3.79. The van der Waals surface area contributed by atoms with Crippen molar-refractivity contribution in [1.82, 2.24) is 4.90 Å². The fraction of sp³-hybridized carbons (Fsp3) is 0.588. The lowest BCUT2D eigenvalue weighted by molar-refractivity contribution is 0.0188. The molecule has 1 atom stereocenters. The van der Waals surface area contributed by atoms with Crippen LogP contribution >= 0.6 is 11.8 Å². The number of carbonyl (C=O) groups excluding carboxylic acids is 1. The summed E-state index contributed by atoms with van der Waals surface area (Å²) in [5, 5.41) is 3.70. The van der Waals surface area contributed by atoms with Gasteiger partial charge in [0.25, 0.3) is 5.91 Å². The van der Waals surface area contributed by atoms with Crippen molar-refractivity contribution in [3.63, 3.8) is 0 Å². The number of hydrogen-bond donors (Lipinski definition) is 1. The van der Waals surface area contributed by atoms with Crippen molar-refractivity contribution in [2.24, 2.45) is 0 Å². The molecular formula is C17H22N2O2S. The van der Waals surface area contributed by atoms with E-state index in [4.69, 9.17) is 4.74 Å². The van der Waals surface area contributed by atoms with E-state index in [-0.39, 0.29) is 17.7 Å². The maximum Gasteiger partial charge on any atom is 0.257 e. The summed E-state index contributed by atoms with van der Waals surface area (Å²) >= 11 is 1.98.